The van der Waals surface area contributed by atoms with Gasteiger partial charge in [-0.1, -0.05) is 54.3 Å². The minimum absolute atomic E-state index is 0.752. The molecule has 2 aromatic rings. The average molecular weight is 254 g/mol. The first-order valence-corrected chi connectivity index (χ1v) is 6.27. The van der Waals surface area contributed by atoms with E-state index in [0.29, 0.717) is 0 Å². The van der Waals surface area contributed by atoms with Crippen molar-refractivity contribution < 1.29 is 10.2 Å². The van der Waals surface area contributed by atoms with Crippen LogP contribution in [0.5, 0.6) is 0 Å². The van der Waals surface area contributed by atoms with E-state index in [4.69, 9.17) is 0 Å². The van der Waals surface area contributed by atoms with E-state index in [0.717, 1.165) is 16.3 Å². The van der Waals surface area contributed by atoms with E-state index in [1.54, 1.807) is 20.8 Å². The van der Waals surface area contributed by atoms with Crippen molar-refractivity contribution in [2.24, 2.45) is 0 Å². The van der Waals surface area contributed by atoms with Gasteiger partial charge in [-0.15, -0.1) is 0 Å². The summed E-state index contributed by atoms with van der Waals surface area (Å²) in [4.78, 5) is 0. The Morgan fingerprint density at radius 1 is 0.842 bits per heavy atom. The van der Waals surface area contributed by atoms with Crippen LogP contribution in [0.15, 0.2) is 42.5 Å². The van der Waals surface area contributed by atoms with Crippen LogP contribution >= 0.6 is 0 Å². The SMILES string of the molecule is CC(C)(O)C#C[C@@](C)(O)c1cccc2ccccc12. The lowest BCUT2D eigenvalue weighted by atomic mass is 9.91. The predicted octanol–water partition coefficient (Wildman–Crippen LogP) is 2.82. The summed E-state index contributed by atoms with van der Waals surface area (Å²) >= 11 is 0. The molecular formula is C17H18O2. The van der Waals surface area contributed by atoms with Gasteiger partial charge in [0.15, 0.2) is 0 Å². The minimum Gasteiger partial charge on any atom is -0.378 e. The Morgan fingerprint density at radius 2 is 1.47 bits per heavy atom. The lowest BCUT2D eigenvalue weighted by Gasteiger charge is -2.20. The molecule has 19 heavy (non-hydrogen) atoms. The largest absolute Gasteiger partial charge is 0.378 e. The van der Waals surface area contributed by atoms with Crippen LogP contribution in [0.1, 0.15) is 26.3 Å². The molecule has 0 radical (unpaired) electrons. The second-order valence-corrected chi connectivity index (χ2v) is 5.41. The van der Waals surface area contributed by atoms with Crippen LogP contribution < -0.4 is 0 Å². The first-order chi connectivity index (χ1) is 8.80. The molecular weight excluding hydrogens is 236 g/mol. The maximum atomic E-state index is 10.6. The van der Waals surface area contributed by atoms with Crippen molar-refractivity contribution >= 4 is 10.8 Å². The molecule has 0 bridgehead atoms. The lowest BCUT2D eigenvalue weighted by Crippen LogP contribution is -2.22. The van der Waals surface area contributed by atoms with Crippen molar-refractivity contribution in [2.75, 3.05) is 0 Å². The lowest BCUT2D eigenvalue weighted by molar-refractivity contribution is 0.118. The summed E-state index contributed by atoms with van der Waals surface area (Å²) in [5.41, 5.74) is -1.66. The molecule has 1 atom stereocenters. The van der Waals surface area contributed by atoms with Crippen molar-refractivity contribution in [3.8, 4) is 11.8 Å². The summed E-state index contributed by atoms with van der Waals surface area (Å²) in [5.74, 6) is 5.44. The van der Waals surface area contributed by atoms with Gasteiger partial charge in [-0.2, -0.15) is 0 Å². The molecule has 0 heterocycles. The minimum atomic E-state index is -1.29. The fraction of sp³-hybridized carbons (Fsp3) is 0.294. The fourth-order valence-electron chi connectivity index (χ4n) is 1.99. The number of hydrogen-bond donors (Lipinski definition) is 2. The average Bonchev–Trinajstić information content (AvgIpc) is 2.35. The molecule has 98 valence electrons. The zero-order valence-corrected chi connectivity index (χ0v) is 11.4. The second-order valence-electron chi connectivity index (χ2n) is 5.41. The highest BCUT2D eigenvalue weighted by molar-refractivity contribution is 5.86. The summed E-state index contributed by atoms with van der Waals surface area (Å²) in [5, 5.41) is 22.3. The van der Waals surface area contributed by atoms with Gasteiger partial charge in [0.05, 0.1) is 0 Å². The molecule has 0 fully saturated rings. The van der Waals surface area contributed by atoms with Crippen molar-refractivity contribution in [1.29, 1.82) is 0 Å². The molecule has 0 saturated carbocycles. The highest BCUT2D eigenvalue weighted by Gasteiger charge is 2.23. The molecule has 0 amide bonds. The molecule has 2 rings (SSSR count). The van der Waals surface area contributed by atoms with Gasteiger partial charge in [0, 0.05) is 5.56 Å². The Morgan fingerprint density at radius 3 is 2.16 bits per heavy atom. The van der Waals surface area contributed by atoms with E-state index >= 15 is 0 Å². The van der Waals surface area contributed by atoms with Crippen molar-refractivity contribution in [2.45, 2.75) is 32.0 Å². The third kappa shape index (κ3) is 3.14. The van der Waals surface area contributed by atoms with Gasteiger partial charge in [-0.05, 0) is 31.5 Å². The van der Waals surface area contributed by atoms with Gasteiger partial charge in [-0.3, -0.25) is 0 Å². The molecule has 0 aliphatic heterocycles. The number of fused-ring (bicyclic) bond motifs is 1. The molecule has 0 spiro atoms. The number of aliphatic hydroxyl groups is 2. The summed E-state index contributed by atoms with van der Waals surface area (Å²) in [7, 11) is 0. The van der Waals surface area contributed by atoms with Gasteiger partial charge in [0.2, 0.25) is 0 Å². The number of rotatable bonds is 1. The Kier molecular flexibility index (Phi) is 3.36. The number of hydrogen-bond acceptors (Lipinski definition) is 2. The molecule has 0 aliphatic carbocycles. The van der Waals surface area contributed by atoms with E-state index in [1.807, 2.05) is 42.5 Å². The molecule has 0 aliphatic rings. The molecule has 2 heteroatoms. The fourth-order valence-corrected chi connectivity index (χ4v) is 1.99. The Hall–Kier alpha value is -1.82. The highest BCUT2D eigenvalue weighted by atomic mass is 16.3. The van der Waals surface area contributed by atoms with E-state index < -0.39 is 11.2 Å². The van der Waals surface area contributed by atoms with Crippen molar-refractivity contribution in [1.82, 2.24) is 0 Å². The van der Waals surface area contributed by atoms with Gasteiger partial charge in [-0.25, -0.2) is 0 Å². The van der Waals surface area contributed by atoms with E-state index in [-0.39, 0.29) is 0 Å². The second kappa shape index (κ2) is 4.70. The summed E-state index contributed by atoms with van der Waals surface area (Å²) < 4.78 is 0. The van der Waals surface area contributed by atoms with Crippen LogP contribution in [-0.2, 0) is 5.60 Å². The van der Waals surface area contributed by atoms with Crippen molar-refractivity contribution in [3.63, 3.8) is 0 Å². The topological polar surface area (TPSA) is 40.5 Å². The monoisotopic (exact) mass is 254 g/mol. The van der Waals surface area contributed by atoms with E-state index in [1.165, 1.54) is 0 Å². The predicted molar refractivity (Wildman–Crippen MR) is 77.6 cm³/mol. The van der Waals surface area contributed by atoms with Gasteiger partial charge in [0.25, 0.3) is 0 Å². The Bertz CT molecular complexity index is 647. The van der Waals surface area contributed by atoms with Crippen LogP contribution in [0.2, 0.25) is 0 Å². The Balaban J connectivity index is 2.57. The van der Waals surface area contributed by atoms with E-state index in [2.05, 4.69) is 11.8 Å². The summed E-state index contributed by atoms with van der Waals surface area (Å²) in [6, 6.07) is 13.6. The van der Waals surface area contributed by atoms with Crippen LogP contribution in [0, 0.1) is 11.8 Å². The maximum Gasteiger partial charge on any atom is 0.148 e. The normalized spacial score (nSPS) is 14.6. The standard InChI is InChI=1S/C17H18O2/c1-16(2,18)11-12-17(3,19)15-10-6-8-13-7-4-5-9-14(13)15/h4-10,18-19H,1-3H3/t17-/m1/s1. The van der Waals surface area contributed by atoms with Crippen LogP contribution in [0.3, 0.4) is 0 Å². The molecule has 2 aromatic carbocycles. The zero-order chi connectivity index (χ0) is 14.1. The van der Waals surface area contributed by atoms with Gasteiger partial charge in [0.1, 0.15) is 11.2 Å². The molecule has 0 unspecified atom stereocenters. The quantitative estimate of drug-likeness (QED) is 0.768. The molecule has 2 N–H and O–H groups in total. The van der Waals surface area contributed by atoms with Gasteiger partial charge >= 0.3 is 0 Å². The third-order valence-corrected chi connectivity index (χ3v) is 2.93. The highest BCUT2D eigenvalue weighted by Crippen LogP contribution is 2.28. The van der Waals surface area contributed by atoms with Gasteiger partial charge < -0.3 is 10.2 Å². The summed E-state index contributed by atoms with van der Waals surface area (Å²) in [6.45, 7) is 4.84. The molecule has 0 aromatic heterocycles. The first-order valence-electron chi connectivity index (χ1n) is 6.27. The number of benzene rings is 2. The zero-order valence-electron chi connectivity index (χ0n) is 11.4. The van der Waals surface area contributed by atoms with Crippen LogP contribution in [-0.4, -0.2) is 15.8 Å². The first kappa shape index (κ1) is 13.6. The van der Waals surface area contributed by atoms with E-state index in [9.17, 15) is 10.2 Å². The third-order valence-electron chi connectivity index (χ3n) is 2.93. The molecule has 2 nitrogen and oxygen atoms in total. The Labute approximate surface area is 113 Å². The van der Waals surface area contributed by atoms with Crippen LogP contribution in [0.4, 0.5) is 0 Å². The smallest absolute Gasteiger partial charge is 0.148 e. The maximum absolute atomic E-state index is 10.6. The van der Waals surface area contributed by atoms with Crippen LogP contribution in [0.25, 0.3) is 10.8 Å². The summed E-state index contributed by atoms with van der Waals surface area (Å²) in [6.07, 6.45) is 0. The van der Waals surface area contributed by atoms with Crippen molar-refractivity contribution in [3.05, 3.63) is 48.0 Å². The molecule has 0 saturated heterocycles.